The molecular formula is C92H94I2N8O4. The molecule has 0 atom stereocenters. The Hall–Kier alpha value is -10.1. The van der Waals surface area contributed by atoms with Gasteiger partial charge in [0.05, 0.1) is 0 Å². The summed E-state index contributed by atoms with van der Waals surface area (Å²) in [6.45, 7) is 25.3. The van der Waals surface area contributed by atoms with Crippen LogP contribution < -0.4 is 67.4 Å². The molecule has 6 heterocycles. The van der Waals surface area contributed by atoms with Gasteiger partial charge in [0.1, 0.15) is 40.6 Å². The fourth-order valence-electron chi connectivity index (χ4n) is 15.3. The molecule has 10 aromatic rings. The largest absolute Gasteiger partial charge is 1.00 e. The third-order valence-corrected chi connectivity index (χ3v) is 21.4. The van der Waals surface area contributed by atoms with Crippen LogP contribution >= 0.6 is 22.6 Å². The third-order valence-electron chi connectivity index (χ3n) is 20.6. The minimum Gasteiger partial charge on any atom is -1.00 e. The molecule has 0 saturated carbocycles. The van der Waals surface area contributed by atoms with E-state index >= 15 is 0 Å². The van der Waals surface area contributed by atoms with Gasteiger partial charge in [-0.15, -0.1) is 24.7 Å². The van der Waals surface area contributed by atoms with E-state index in [1.54, 1.807) is 12.4 Å². The minimum atomic E-state index is -0.933. The zero-order valence-corrected chi connectivity index (χ0v) is 66.4. The number of carbonyl (C=O) groups excluding carboxylic acids is 2. The molecule has 0 unspecified atom stereocenters. The number of hydrogen-bond donors (Lipinski definition) is 0. The van der Waals surface area contributed by atoms with E-state index in [2.05, 4.69) is 301 Å². The molecule has 0 saturated heterocycles. The predicted molar refractivity (Wildman–Crippen MR) is 443 cm³/mol. The minimum absolute atomic E-state index is 0. The van der Waals surface area contributed by atoms with E-state index < -0.39 is 11.1 Å². The number of fused-ring (bicyclic) bond motifs is 12. The van der Waals surface area contributed by atoms with E-state index in [1.807, 2.05) is 58.3 Å². The van der Waals surface area contributed by atoms with Gasteiger partial charge in [-0.3, -0.25) is 24.4 Å². The van der Waals surface area contributed by atoms with Gasteiger partial charge in [-0.25, -0.2) is 4.57 Å². The van der Waals surface area contributed by atoms with Crippen molar-refractivity contribution in [2.75, 3.05) is 86.2 Å². The van der Waals surface area contributed by atoms with Crippen molar-refractivity contribution in [3.05, 3.63) is 286 Å². The summed E-state index contributed by atoms with van der Waals surface area (Å²) in [6, 6.07) is 66.8. The van der Waals surface area contributed by atoms with E-state index in [-0.39, 0.29) is 35.8 Å². The van der Waals surface area contributed by atoms with Crippen LogP contribution in [0.15, 0.2) is 219 Å². The topological polar surface area (TPSA) is 88.8 Å². The van der Waals surface area contributed by atoms with Crippen molar-refractivity contribution in [3.63, 3.8) is 0 Å². The Balaban J connectivity index is 0.000000195. The highest BCUT2D eigenvalue weighted by molar-refractivity contribution is 14.1. The van der Waals surface area contributed by atoms with Gasteiger partial charge in [-0.1, -0.05) is 132 Å². The number of halogens is 2. The van der Waals surface area contributed by atoms with E-state index in [9.17, 15) is 9.59 Å². The molecule has 0 N–H and O–H groups in total. The number of terminal acetylenes is 2. The summed E-state index contributed by atoms with van der Waals surface area (Å²) < 4.78 is 17.1. The molecule has 106 heavy (non-hydrogen) atoms. The van der Waals surface area contributed by atoms with Crippen molar-refractivity contribution in [3.8, 4) is 47.7 Å². The Labute approximate surface area is 658 Å². The lowest BCUT2D eigenvalue weighted by atomic mass is 9.74. The molecule has 8 aromatic carbocycles. The summed E-state index contributed by atoms with van der Waals surface area (Å²) in [7, 11) is 0. The van der Waals surface area contributed by atoms with Crippen LogP contribution in [0.2, 0.25) is 0 Å². The van der Waals surface area contributed by atoms with Gasteiger partial charge in [-0.05, 0) is 157 Å². The number of rotatable bonds is 23. The van der Waals surface area contributed by atoms with E-state index in [1.165, 1.54) is 4.43 Å². The van der Waals surface area contributed by atoms with Crippen molar-refractivity contribution >= 4 is 92.8 Å². The highest BCUT2D eigenvalue weighted by atomic mass is 127. The first-order valence-corrected chi connectivity index (χ1v) is 38.6. The Morgan fingerprint density at radius 2 is 0.745 bits per heavy atom. The summed E-state index contributed by atoms with van der Waals surface area (Å²) in [4.78, 5) is 46.8. The first-order chi connectivity index (χ1) is 51.4. The number of unbranched alkanes of at least 4 members (excludes halogenated alkanes) is 2. The molecule has 4 aliphatic heterocycles. The van der Waals surface area contributed by atoms with Crippen LogP contribution in [0.1, 0.15) is 157 Å². The smallest absolute Gasteiger partial charge is 0.260 e. The quantitative estimate of drug-likeness (QED) is 0.0204. The summed E-state index contributed by atoms with van der Waals surface area (Å²) in [5.41, 5.74) is 15.6. The summed E-state index contributed by atoms with van der Waals surface area (Å²) in [6.07, 6.45) is 30.4. The molecule has 12 nitrogen and oxygen atoms in total. The summed E-state index contributed by atoms with van der Waals surface area (Å²) in [5, 5.41) is 0. The molecule has 4 aliphatic rings. The highest BCUT2D eigenvalue weighted by Gasteiger charge is 2.59. The van der Waals surface area contributed by atoms with Crippen molar-refractivity contribution < 1.29 is 47.6 Å². The molecule has 0 fully saturated rings. The predicted octanol–water partition coefficient (Wildman–Crippen LogP) is 17.1. The summed E-state index contributed by atoms with van der Waals surface area (Å²) in [5.74, 6) is 8.28. The molecule has 2 spiro atoms. The van der Waals surface area contributed by atoms with Crippen LogP contribution in [0.5, 0.6) is 23.0 Å². The van der Waals surface area contributed by atoms with Crippen molar-refractivity contribution in [2.24, 2.45) is 0 Å². The lowest BCUT2D eigenvalue weighted by Crippen LogP contribution is -3.00. The van der Waals surface area contributed by atoms with Gasteiger partial charge in [0.25, 0.3) is 11.8 Å². The number of aryl methyl sites for hydroxylation is 1. The second kappa shape index (κ2) is 35.3. The lowest BCUT2D eigenvalue weighted by Gasteiger charge is -2.44. The van der Waals surface area contributed by atoms with Gasteiger partial charge < -0.3 is 53.1 Å². The van der Waals surface area contributed by atoms with Crippen LogP contribution in [0, 0.1) is 24.7 Å². The maximum absolute atomic E-state index is 14.8. The zero-order valence-electron chi connectivity index (χ0n) is 62.1. The number of hydrogen-bond acceptors (Lipinski definition) is 9. The van der Waals surface area contributed by atoms with Crippen LogP contribution in [-0.2, 0) is 17.6 Å². The molecule has 2 aromatic heterocycles. The van der Waals surface area contributed by atoms with Crippen molar-refractivity contribution in [1.29, 1.82) is 0 Å². The Morgan fingerprint density at radius 1 is 0.425 bits per heavy atom. The normalized spacial score (nSPS) is 13.4. The van der Waals surface area contributed by atoms with Crippen LogP contribution in [0.4, 0.5) is 34.1 Å². The van der Waals surface area contributed by atoms with E-state index in [0.29, 0.717) is 11.1 Å². The Kier molecular flexibility index (Phi) is 25.6. The van der Waals surface area contributed by atoms with E-state index in [0.717, 1.165) is 197 Å². The maximum atomic E-state index is 14.8. The number of aromatic nitrogens is 2. The average Bonchev–Trinajstić information content (AvgIpc) is 1.50. The lowest BCUT2D eigenvalue weighted by molar-refractivity contribution is -0.697. The number of anilines is 6. The van der Waals surface area contributed by atoms with Crippen LogP contribution in [0.3, 0.4) is 0 Å². The Bertz CT molecular complexity index is 4730. The molecule has 0 aliphatic carbocycles. The monoisotopic (exact) mass is 1630 g/mol. The van der Waals surface area contributed by atoms with Gasteiger partial charge >= 0.3 is 0 Å². The molecule has 540 valence electrons. The number of pyridine rings is 2. The molecule has 0 bridgehead atoms. The first-order valence-electron chi connectivity index (χ1n) is 37.1. The van der Waals surface area contributed by atoms with E-state index in [4.69, 9.17) is 22.3 Å². The third kappa shape index (κ3) is 15.1. The maximum Gasteiger partial charge on any atom is 0.260 e. The molecule has 14 heteroatoms. The Morgan fingerprint density at radius 3 is 1.07 bits per heavy atom. The van der Waals surface area contributed by atoms with Crippen LogP contribution in [-0.4, -0.2) is 73.6 Å². The fraction of sp³-hybridized carbons (Fsp3) is 0.261. The number of carbonyl (C=O) groups is 2. The van der Waals surface area contributed by atoms with Gasteiger partial charge in [0.2, 0.25) is 0 Å². The standard InChI is InChI=1S/C46H47N4O2.C41H40N4O2.C5H7I.HI/c1-6-11-14-29-47-30-27-35(28-31-47)18-17-34-19-21-36(22-20-34)50-45(51)39-15-12-13-16-40(39)46(50)41-25-23-37(48(7-2)8-3)32-43(41)52-44-33-38(24-26-42(44)46)49(9-4)10-5;1-5-43(6-2)32-19-21-36-38(27-32)47-39-28-33(44(7-3)8-4)20-22-37(39)41(36)35-12-10-9-11-34(35)40(46)45(41)31-17-15-29(16-18-31)13-14-30-23-25-42-26-24-30;1-2-3-4-5-6;/h1,12-13,15-28,30-33H,7-11,14,29H2,2-5H3;9-28H,5-8H2,1-4H3;1H,3-5H2;1H/q+1;;;/p-1/b;14-13+;;. The highest BCUT2D eigenvalue weighted by Crippen LogP contribution is 2.61. The number of nitrogens with zero attached hydrogens (tertiary/aromatic N) is 8. The van der Waals surface area contributed by atoms with Gasteiger partial charge in [-0.2, -0.15) is 0 Å². The second-order valence-corrected chi connectivity index (χ2v) is 27.3. The molecule has 14 rings (SSSR count). The first kappa shape index (κ1) is 77.0. The molecular weight excluding hydrogens is 1530 g/mol. The number of alkyl halides is 1. The van der Waals surface area contributed by atoms with Crippen LogP contribution in [0.25, 0.3) is 24.3 Å². The number of ether oxygens (including phenoxy) is 2. The molecule has 2 amide bonds. The number of benzene rings is 8. The van der Waals surface area contributed by atoms with Gasteiger partial charge in [0.15, 0.2) is 12.4 Å². The summed E-state index contributed by atoms with van der Waals surface area (Å²) >= 11 is 2.32. The fourth-order valence-corrected chi connectivity index (χ4v) is 15.7. The van der Waals surface area contributed by atoms with Crippen molar-refractivity contribution in [2.45, 2.75) is 98.7 Å². The molecule has 0 radical (unpaired) electrons. The number of amides is 2. The van der Waals surface area contributed by atoms with Crippen molar-refractivity contribution in [1.82, 2.24) is 4.98 Å². The van der Waals surface area contributed by atoms with Gasteiger partial charge in [0, 0.05) is 203 Å². The zero-order chi connectivity index (χ0) is 73.6. The average molecular weight is 1630 g/mol. The second-order valence-electron chi connectivity index (χ2n) is 26.2. The SMILES string of the molecule is C#CCCCI.C#CCCC[n+]1ccc(/C=C/c2ccc(N3C(=O)c4ccccc4C34c3ccc(N(CC)CC)cc3Oc3cc(N(CC)CC)ccc34)cc2)cc1.CCN(CC)c1ccc2c(c1)Oc1cc(N(CC)CC)ccc1C21c2ccccc2C(=O)N1c1ccc(/C=C/c2ccncc2)cc1.[I-].